The second-order valence-corrected chi connectivity index (χ2v) is 6.00. The molecule has 0 aliphatic rings. The molecule has 0 saturated carbocycles. The van der Waals surface area contributed by atoms with Crippen molar-refractivity contribution in [1.29, 1.82) is 0 Å². The molecule has 0 rings (SSSR count). The van der Waals surface area contributed by atoms with E-state index in [1.54, 1.807) is 0 Å². The fraction of sp³-hybridized carbons (Fsp3) is 1.00. The van der Waals surface area contributed by atoms with Crippen molar-refractivity contribution in [3.8, 4) is 0 Å². The number of unbranched alkanes of at least 4 members (excludes halogenated alkanes) is 1. The van der Waals surface area contributed by atoms with Crippen LogP contribution >= 0.6 is 0 Å². The zero-order valence-electron chi connectivity index (χ0n) is 10.2. The van der Waals surface area contributed by atoms with Gasteiger partial charge in [-0.05, 0) is 12.8 Å². The van der Waals surface area contributed by atoms with E-state index in [-0.39, 0.29) is 19.7 Å². The highest BCUT2D eigenvalue weighted by Gasteiger charge is 2.28. The topological polar surface area (TPSA) is 83.6 Å². The summed E-state index contributed by atoms with van der Waals surface area (Å²) in [5, 5.41) is 8.36. The van der Waals surface area contributed by atoms with Gasteiger partial charge in [0, 0.05) is 19.6 Å². The minimum atomic E-state index is -3.35. The van der Waals surface area contributed by atoms with Crippen LogP contribution in [0.15, 0.2) is 0 Å². The van der Waals surface area contributed by atoms with E-state index in [1.807, 2.05) is 13.8 Å². The van der Waals surface area contributed by atoms with Crippen LogP contribution in [0.4, 0.5) is 0 Å². The first kappa shape index (κ1) is 15.8. The molecule has 0 aromatic carbocycles. The lowest BCUT2D eigenvalue weighted by Crippen LogP contribution is -2.43. The zero-order chi connectivity index (χ0) is 12.6. The molecule has 0 aliphatic carbocycles. The van der Waals surface area contributed by atoms with Crippen molar-refractivity contribution in [1.82, 2.24) is 4.31 Å². The smallest absolute Gasteiger partial charge is 0.218 e. The van der Waals surface area contributed by atoms with Crippen LogP contribution in [0.5, 0.6) is 0 Å². The predicted molar refractivity (Wildman–Crippen MR) is 65.6 cm³/mol. The Labute approximate surface area is 98.7 Å². The highest BCUT2D eigenvalue weighted by molar-refractivity contribution is 7.89. The van der Waals surface area contributed by atoms with Gasteiger partial charge in [0.25, 0.3) is 0 Å². The first-order valence-electron chi connectivity index (χ1n) is 5.84. The molecular formula is C10H24N2O3S. The Bertz CT molecular complexity index is 263. The average molecular weight is 252 g/mol. The average Bonchev–Trinajstić information content (AvgIpc) is 2.25. The molecule has 98 valence electrons. The molecule has 1 unspecified atom stereocenters. The zero-order valence-corrected chi connectivity index (χ0v) is 11.0. The third-order valence-electron chi connectivity index (χ3n) is 2.61. The van der Waals surface area contributed by atoms with E-state index in [9.17, 15) is 8.42 Å². The minimum Gasteiger partial charge on any atom is -0.395 e. The summed E-state index contributed by atoms with van der Waals surface area (Å²) < 4.78 is 25.6. The lowest BCUT2D eigenvalue weighted by Gasteiger charge is -2.25. The summed E-state index contributed by atoms with van der Waals surface area (Å²) in [5.41, 5.74) is 5.46. The molecule has 0 aliphatic heterocycles. The summed E-state index contributed by atoms with van der Waals surface area (Å²) in [7, 11) is -3.35. The molecule has 3 N–H and O–H groups in total. The van der Waals surface area contributed by atoms with Crippen LogP contribution in [0.2, 0.25) is 0 Å². The Morgan fingerprint density at radius 1 is 1.31 bits per heavy atom. The van der Waals surface area contributed by atoms with E-state index in [4.69, 9.17) is 10.8 Å². The molecule has 0 saturated heterocycles. The van der Waals surface area contributed by atoms with Crippen molar-refractivity contribution in [2.24, 2.45) is 5.73 Å². The van der Waals surface area contributed by atoms with Crippen LogP contribution in [0.25, 0.3) is 0 Å². The van der Waals surface area contributed by atoms with Crippen molar-refractivity contribution in [2.45, 2.75) is 38.4 Å². The van der Waals surface area contributed by atoms with Crippen molar-refractivity contribution in [2.75, 3.05) is 26.2 Å². The summed E-state index contributed by atoms with van der Waals surface area (Å²) in [6, 6.07) is 0. The predicted octanol–water partition coefficient (Wildman–Crippen LogP) is 0.148. The Morgan fingerprint density at radius 2 is 1.94 bits per heavy atom. The molecule has 0 aromatic rings. The molecule has 0 bridgehead atoms. The van der Waals surface area contributed by atoms with Gasteiger partial charge in [-0.1, -0.05) is 20.3 Å². The van der Waals surface area contributed by atoms with Gasteiger partial charge in [0.1, 0.15) is 0 Å². The van der Waals surface area contributed by atoms with E-state index in [2.05, 4.69) is 0 Å². The van der Waals surface area contributed by atoms with Crippen molar-refractivity contribution in [3.63, 3.8) is 0 Å². The molecule has 1 atom stereocenters. The second-order valence-electron chi connectivity index (χ2n) is 3.79. The van der Waals surface area contributed by atoms with E-state index < -0.39 is 15.3 Å². The maximum Gasteiger partial charge on any atom is 0.218 e. The number of hydrogen-bond acceptors (Lipinski definition) is 4. The fourth-order valence-electron chi connectivity index (χ4n) is 1.52. The molecular weight excluding hydrogens is 228 g/mol. The summed E-state index contributed by atoms with van der Waals surface area (Å²) in [6.45, 7) is 4.43. The van der Waals surface area contributed by atoms with Crippen LogP contribution in [0.3, 0.4) is 0 Å². The van der Waals surface area contributed by atoms with Gasteiger partial charge in [-0.25, -0.2) is 8.42 Å². The maximum atomic E-state index is 12.1. The van der Waals surface area contributed by atoms with Crippen molar-refractivity contribution in [3.05, 3.63) is 0 Å². The van der Waals surface area contributed by atoms with Crippen LogP contribution < -0.4 is 5.73 Å². The molecule has 0 spiro atoms. The van der Waals surface area contributed by atoms with Crippen molar-refractivity contribution >= 4 is 10.0 Å². The van der Waals surface area contributed by atoms with Gasteiger partial charge in [-0.3, -0.25) is 0 Å². The third-order valence-corrected chi connectivity index (χ3v) is 5.06. The van der Waals surface area contributed by atoms with E-state index in [0.717, 1.165) is 12.8 Å². The Kier molecular flexibility index (Phi) is 7.91. The number of hydrogen-bond donors (Lipinski definition) is 2. The lowest BCUT2D eigenvalue weighted by molar-refractivity contribution is 0.251. The van der Waals surface area contributed by atoms with Gasteiger partial charge in [-0.15, -0.1) is 0 Å². The van der Waals surface area contributed by atoms with Gasteiger partial charge in [0.05, 0.1) is 11.9 Å². The van der Waals surface area contributed by atoms with E-state index in [0.29, 0.717) is 13.0 Å². The van der Waals surface area contributed by atoms with Gasteiger partial charge in [0.15, 0.2) is 0 Å². The molecule has 0 fully saturated rings. The highest BCUT2D eigenvalue weighted by Crippen LogP contribution is 2.12. The summed E-state index contributed by atoms with van der Waals surface area (Å²) in [4.78, 5) is 0. The fourth-order valence-corrected chi connectivity index (χ4v) is 3.33. The molecule has 16 heavy (non-hydrogen) atoms. The summed E-state index contributed by atoms with van der Waals surface area (Å²) in [6.07, 6.45) is 2.24. The van der Waals surface area contributed by atoms with Crippen LogP contribution in [-0.2, 0) is 10.0 Å². The monoisotopic (exact) mass is 252 g/mol. The Hall–Kier alpha value is -0.170. The number of nitrogens with two attached hydrogens (primary N) is 1. The summed E-state index contributed by atoms with van der Waals surface area (Å²) >= 11 is 0. The first-order chi connectivity index (χ1) is 7.54. The lowest BCUT2D eigenvalue weighted by atomic mass is 10.3. The molecule has 0 heterocycles. The molecule has 0 radical (unpaired) electrons. The number of rotatable bonds is 9. The standard InChI is InChI=1S/C10H24N2O3S/c1-3-5-6-12(7-8-13)16(14,15)10(4-2)9-11/h10,13H,3-9,11H2,1-2H3. The van der Waals surface area contributed by atoms with Gasteiger partial charge < -0.3 is 10.8 Å². The van der Waals surface area contributed by atoms with Gasteiger partial charge in [0.2, 0.25) is 10.0 Å². The highest BCUT2D eigenvalue weighted by atomic mass is 32.2. The molecule has 0 amide bonds. The second kappa shape index (κ2) is 8.00. The van der Waals surface area contributed by atoms with Crippen molar-refractivity contribution < 1.29 is 13.5 Å². The largest absolute Gasteiger partial charge is 0.395 e. The third kappa shape index (κ3) is 4.37. The van der Waals surface area contributed by atoms with Gasteiger partial charge in [-0.2, -0.15) is 4.31 Å². The normalized spacial score (nSPS) is 14.3. The quantitative estimate of drug-likeness (QED) is 0.612. The molecule has 5 nitrogen and oxygen atoms in total. The molecule has 6 heteroatoms. The number of sulfonamides is 1. The number of aliphatic hydroxyl groups excluding tert-OH is 1. The number of aliphatic hydroxyl groups is 1. The SMILES string of the molecule is CCCCN(CCO)S(=O)(=O)C(CC)CN. The van der Waals surface area contributed by atoms with Crippen LogP contribution in [0.1, 0.15) is 33.1 Å². The maximum absolute atomic E-state index is 12.1. The first-order valence-corrected chi connectivity index (χ1v) is 7.34. The number of nitrogens with zero attached hydrogens (tertiary/aromatic N) is 1. The minimum absolute atomic E-state index is 0.132. The molecule has 0 aromatic heterocycles. The Balaban J connectivity index is 4.72. The van der Waals surface area contributed by atoms with Crippen LogP contribution in [-0.4, -0.2) is 49.3 Å². The van der Waals surface area contributed by atoms with E-state index in [1.165, 1.54) is 4.31 Å². The van der Waals surface area contributed by atoms with Crippen LogP contribution in [0, 0.1) is 0 Å². The Morgan fingerprint density at radius 3 is 2.31 bits per heavy atom. The van der Waals surface area contributed by atoms with E-state index >= 15 is 0 Å². The summed E-state index contributed by atoms with van der Waals surface area (Å²) in [5.74, 6) is 0. The van der Waals surface area contributed by atoms with Gasteiger partial charge >= 0.3 is 0 Å².